The molecule has 0 aliphatic carbocycles. The van der Waals surface area contributed by atoms with Crippen molar-refractivity contribution in [2.75, 3.05) is 6.26 Å². The number of alkyl halides is 3. The zero-order valence-corrected chi connectivity index (χ0v) is 14.7. The highest BCUT2D eigenvalue weighted by Crippen LogP contribution is 2.29. The van der Waals surface area contributed by atoms with E-state index in [-0.39, 0.29) is 12.4 Å². The molecule has 2 aromatic carbocycles. The first-order valence-corrected chi connectivity index (χ1v) is 9.51. The lowest BCUT2D eigenvalue weighted by atomic mass is 10.1. The van der Waals surface area contributed by atoms with Crippen molar-refractivity contribution in [3.05, 3.63) is 65.8 Å². The molecule has 0 saturated heterocycles. The van der Waals surface area contributed by atoms with Crippen LogP contribution in [0.5, 0.6) is 0 Å². The highest BCUT2D eigenvalue weighted by atomic mass is 32.2. The molecule has 0 amide bonds. The molecule has 0 fully saturated rings. The Morgan fingerprint density at radius 1 is 1.15 bits per heavy atom. The van der Waals surface area contributed by atoms with Crippen LogP contribution in [-0.4, -0.2) is 20.6 Å². The zero-order chi connectivity index (χ0) is 19.7. The topological polar surface area (TPSA) is 68.3 Å². The lowest BCUT2D eigenvalue weighted by Gasteiger charge is -2.05. The summed E-state index contributed by atoms with van der Waals surface area (Å²) in [6.45, 7) is 0.0462. The first kappa shape index (κ1) is 19.0. The van der Waals surface area contributed by atoms with Gasteiger partial charge in [0.25, 0.3) is 0 Å². The van der Waals surface area contributed by atoms with Crippen LogP contribution in [0.1, 0.15) is 11.5 Å². The van der Waals surface area contributed by atoms with Gasteiger partial charge in [0.05, 0.1) is 16.3 Å². The molecule has 1 atom stereocenters. The molecule has 0 aliphatic heterocycles. The van der Waals surface area contributed by atoms with E-state index in [4.69, 9.17) is 0 Å². The van der Waals surface area contributed by atoms with Crippen molar-refractivity contribution < 1.29 is 26.3 Å². The average molecular weight is 399 g/mol. The summed E-state index contributed by atoms with van der Waals surface area (Å²) < 4.78 is 71.8. The average Bonchev–Trinajstić information content (AvgIpc) is 3.11. The Morgan fingerprint density at radius 3 is 2.48 bits per heavy atom. The van der Waals surface area contributed by atoms with Crippen LogP contribution < -0.4 is 0 Å². The fraction of sp³-hybridized carbons (Fsp3) is 0.176. The van der Waals surface area contributed by atoms with Crippen LogP contribution in [0.3, 0.4) is 0 Å². The molecule has 0 N–H and O–H groups in total. The second-order valence-electron chi connectivity index (χ2n) is 5.66. The lowest BCUT2D eigenvalue weighted by Crippen LogP contribution is -2.04. The molecule has 5 nitrogen and oxygen atoms in total. The maximum Gasteiger partial charge on any atom is 0.471 e. The Bertz CT molecular complexity index is 1070. The first-order chi connectivity index (χ1) is 12.6. The minimum Gasteiger partial charge on any atom is -0.329 e. The van der Waals surface area contributed by atoms with Gasteiger partial charge in [0.2, 0.25) is 5.82 Å². The summed E-state index contributed by atoms with van der Waals surface area (Å²) in [6, 6.07) is 11.5. The predicted octanol–water partition coefficient (Wildman–Crippen LogP) is 4.55. The highest BCUT2D eigenvalue weighted by molar-refractivity contribution is 7.93. The van der Waals surface area contributed by atoms with Crippen molar-refractivity contribution in [3.8, 4) is 11.4 Å². The normalized spacial score (nSPS) is 14.0. The van der Waals surface area contributed by atoms with E-state index in [0.717, 1.165) is 0 Å². The minimum absolute atomic E-state index is 0.0462. The number of halogens is 4. The largest absolute Gasteiger partial charge is 0.471 e. The third-order valence-corrected chi connectivity index (χ3v) is 5.37. The fourth-order valence-corrected chi connectivity index (χ4v) is 3.41. The molecule has 27 heavy (non-hydrogen) atoms. The van der Waals surface area contributed by atoms with Gasteiger partial charge in [0, 0.05) is 16.7 Å². The van der Waals surface area contributed by atoms with Crippen LogP contribution in [0.4, 0.5) is 17.6 Å². The molecule has 0 radical (unpaired) electrons. The molecule has 3 aromatic rings. The molecule has 10 heteroatoms. The van der Waals surface area contributed by atoms with Gasteiger partial charge < -0.3 is 4.52 Å². The first-order valence-electron chi connectivity index (χ1n) is 7.59. The molecule has 142 valence electrons. The standard InChI is InChI=1S/C17H13F4N3O2S/c1-27(25,14-7-5-13(18)6-8-14)22-10-11-3-2-4-12(9-11)15-23-16(26-24-15)17(19,20)21/h2-9H,10H2,1H3. The Balaban J connectivity index is 1.85. The number of nitrogens with zero attached hydrogens (tertiary/aromatic N) is 3. The second-order valence-corrected chi connectivity index (χ2v) is 8.00. The Hall–Kier alpha value is -2.75. The van der Waals surface area contributed by atoms with E-state index in [0.29, 0.717) is 16.0 Å². The van der Waals surface area contributed by atoms with Crippen molar-refractivity contribution in [1.82, 2.24) is 10.1 Å². The van der Waals surface area contributed by atoms with Gasteiger partial charge in [0.1, 0.15) is 5.82 Å². The summed E-state index contributed by atoms with van der Waals surface area (Å²) in [6.07, 6.45) is -3.29. The molecule has 0 aliphatic rings. The summed E-state index contributed by atoms with van der Waals surface area (Å²) in [7, 11) is -2.76. The number of rotatable bonds is 4. The van der Waals surface area contributed by atoms with Crippen molar-refractivity contribution in [2.24, 2.45) is 4.36 Å². The second kappa shape index (κ2) is 7.10. The van der Waals surface area contributed by atoms with Crippen molar-refractivity contribution >= 4 is 9.73 Å². The third kappa shape index (κ3) is 4.51. The maximum atomic E-state index is 13.0. The van der Waals surface area contributed by atoms with Gasteiger partial charge in [-0.05, 0) is 35.9 Å². The summed E-state index contributed by atoms with van der Waals surface area (Å²) >= 11 is 0. The molecule has 1 unspecified atom stereocenters. The molecular weight excluding hydrogens is 386 g/mol. The van der Waals surface area contributed by atoms with Gasteiger partial charge in [0.15, 0.2) is 0 Å². The zero-order valence-electron chi connectivity index (χ0n) is 13.9. The number of aromatic nitrogens is 2. The maximum absolute atomic E-state index is 13.0. The number of hydrogen-bond acceptors (Lipinski definition) is 5. The van der Waals surface area contributed by atoms with E-state index in [2.05, 4.69) is 19.0 Å². The summed E-state index contributed by atoms with van der Waals surface area (Å²) in [5.41, 5.74) is 0.911. The fourth-order valence-electron chi connectivity index (χ4n) is 2.22. The Kier molecular flexibility index (Phi) is 5.01. The van der Waals surface area contributed by atoms with E-state index >= 15 is 0 Å². The van der Waals surface area contributed by atoms with E-state index in [1.54, 1.807) is 12.1 Å². The van der Waals surface area contributed by atoms with Gasteiger partial charge in [-0.1, -0.05) is 23.4 Å². The van der Waals surface area contributed by atoms with Crippen LogP contribution in [-0.2, 0) is 22.5 Å². The number of benzene rings is 2. The van der Waals surface area contributed by atoms with Crippen LogP contribution in [0.15, 0.2) is 62.3 Å². The molecule has 0 bridgehead atoms. The number of hydrogen-bond donors (Lipinski definition) is 0. The predicted molar refractivity (Wildman–Crippen MR) is 89.6 cm³/mol. The van der Waals surface area contributed by atoms with Crippen molar-refractivity contribution in [2.45, 2.75) is 17.6 Å². The van der Waals surface area contributed by atoms with Gasteiger partial charge >= 0.3 is 12.1 Å². The Labute approximate surface area is 152 Å². The van der Waals surface area contributed by atoms with E-state index < -0.39 is 27.6 Å². The van der Waals surface area contributed by atoms with Crippen LogP contribution in [0.25, 0.3) is 11.4 Å². The summed E-state index contributed by atoms with van der Waals surface area (Å²) in [4.78, 5) is 3.71. The minimum atomic E-state index is -4.72. The smallest absolute Gasteiger partial charge is 0.329 e. The van der Waals surface area contributed by atoms with Crippen LogP contribution >= 0.6 is 0 Å². The van der Waals surface area contributed by atoms with E-state index in [1.807, 2.05) is 0 Å². The molecule has 1 heterocycles. The van der Waals surface area contributed by atoms with Gasteiger partial charge in [-0.3, -0.25) is 0 Å². The monoisotopic (exact) mass is 399 g/mol. The Morgan fingerprint density at radius 2 is 1.85 bits per heavy atom. The quantitative estimate of drug-likeness (QED) is 0.604. The third-order valence-electron chi connectivity index (χ3n) is 3.60. The highest BCUT2D eigenvalue weighted by Gasteiger charge is 2.38. The molecule has 0 spiro atoms. The molecular formula is C17H13F4N3O2S. The van der Waals surface area contributed by atoms with E-state index in [9.17, 15) is 21.8 Å². The van der Waals surface area contributed by atoms with Gasteiger partial charge in [-0.15, -0.1) is 0 Å². The summed E-state index contributed by atoms with van der Waals surface area (Å²) in [5, 5.41) is 3.33. The van der Waals surface area contributed by atoms with E-state index in [1.165, 1.54) is 42.7 Å². The van der Waals surface area contributed by atoms with Gasteiger partial charge in [-0.25, -0.2) is 13.0 Å². The lowest BCUT2D eigenvalue weighted by molar-refractivity contribution is -0.159. The van der Waals surface area contributed by atoms with Gasteiger partial charge in [-0.2, -0.15) is 18.2 Å². The molecule has 1 aromatic heterocycles. The SMILES string of the molecule is CS(=O)(=NCc1cccc(-c2noc(C(F)(F)F)n2)c1)c1ccc(F)cc1. The molecule has 3 rings (SSSR count). The van der Waals surface area contributed by atoms with Crippen molar-refractivity contribution in [3.63, 3.8) is 0 Å². The summed E-state index contributed by atoms with van der Waals surface area (Å²) in [5.74, 6) is -2.08. The van der Waals surface area contributed by atoms with Crippen LogP contribution in [0.2, 0.25) is 0 Å². The van der Waals surface area contributed by atoms with Crippen LogP contribution in [0, 0.1) is 5.82 Å². The molecule has 0 saturated carbocycles. The van der Waals surface area contributed by atoms with Crippen molar-refractivity contribution in [1.29, 1.82) is 0 Å².